The van der Waals surface area contributed by atoms with Crippen LogP contribution >= 0.6 is 23.1 Å². The quantitative estimate of drug-likeness (QED) is 0.331. The summed E-state index contributed by atoms with van der Waals surface area (Å²) in [7, 11) is 1.79. The van der Waals surface area contributed by atoms with Crippen LogP contribution in [0.2, 0.25) is 0 Å². The maximum atomic E-state index is 13.4. The fourth-order valence-electron chi connectivity index (χ4n) is 3.88. The van der Waals surface area contributed by atoms with Gasteiger partial charge < -0.3 is 9.64 Å². The average Bonchev–Trinajstić information content (AvgIpc) is 3.58. The predicted octanol–water partition coefficient (Wildman–Crippen LogP) is 4.62. The van der Waals surface area contributed by atoms with Gasteiger partial charge in [0.25, 0.3) is 0 Å². The summed E-state index contributed by atoms with van der Waals surface area (Å²) in [6, 6.07) is 14.2. The highest BCUT2D eigenvalue weighted by Gasteiger charge is 2.23. The minimum absolute atomic E-state index is 0.0146. The van der Waals surface area contributed by atoms with Crippen molar-refractivity contribution in [3.63, 3.8) is 0 Å². The van der Waals surface area contributed by atoms with E-state index in [0.29, 0.717) is 24.1 Å². The molecule has 1 atom stereocenters. The van der Waals surface area contributed by atoms with E-state index in [0.717, 1.165) is 40.2 Å². The first-order chi connectivity index (χ1) is 16.6. The van der Waals surface area contributed by atoms with Gasteiger partial charge in [-0.1, -0.05) is 23.9 Å². The number of benzene rings is 2. The van der Waals surface area contributed by atoms with Crippen LogP contribution in [0.25, 0.3) is 21.6 Å². The van der Waals surface area contributed by atoms with Crippen LogP contribution in [0.4, 0.5) is 4.39 Å². The number of rotatable bonds is 8. The van der Waals surface area contributed by atoms with Crippen molar-refractivity contribution < 1.29 is 13.9 Å². The largest absolute Gasteiger partial charge is 0.376 e. The van der Waals surface area contributed by atoms with E-state index in [1.807, 2.05) is 28.8 Å². The Balaban J connectivity index is 1.28. The Morgan fingerprint density at radius 1 is 1.24 bits per heavy atom. The molecule has 1 fully saturated rings. The first-order valence-electron chi connectivity index (χ1n) is 11.1. The Bertz CT molecular complexity index is 1250. The van der Waals surface area contributed by atoms with Crippen LogP contribution in [0.5, 0.6) is 0 Å². The summed E-state index contributed by atoms with van der Waals surface area (Å²) in [6.45, 7) is 1.80. The van der Waals surface area contributed by atoms with Gasteiger partial charge >= 0.3 is 0 Å². The lowest BCUT2D eigenvalue weighted by Gasteiger charge is -2.17. The molecular weight excluding hydrogens is 473 g/mol. The summed E-state index contributed by atoms with van der Waals surface area (Å²) >= 11 is 2.95. The maximum Gasteiger partial charge on any atom is 0.233 e. The van der Waals surface area contributed by atoms with E-state index >= 15 is 0 Å². The molecule has 2 aromatic heterocycles. The third-order valence-corrected chi connectivity index (χ3v) is 7.66. The molecule has 0 unspecified atom stereocenters. The second-order valence-electron chi connectivity index (χ2n) is 8.17. The Hall–Kier alpha value is -2.82. The predicted molar refractivity (Wildman–Crippen MR) is 131 cm³/mol. The van der Waals surface area contributed by atoms with E-state index in [4.69, 9.17) is 4.74 Å². The highest BCUT2D eigenvalue weighted by Crippen LogP contribution is 2.27. The van der Waals surface area contributed by atoms with Gasteiger partial charge in [-0.25, -0.2) is 9.37 Å². The lowest BCUT2D eigenvalue weighted by atomic mass is 10.2. The van der Waals surface area contributed by atoms with Crippen molar-refractivity contribution in [1.82, 2.24) is 24.6 Å². The second kappa shape index (κ2) is 10.2. The van der Waals surface area contributed by atoms with Crippen LogP contribution in [0, 0.1) is 5.82 Å². The number of thioether (sulfide) groups is 1. The molecule has 0 spiro atoms. The molecular formula is C24H24FN5O2S2. The molecule has 4 aromatic rings. The highest BCUT2D eigenvalue weighted by molar-refractivity contribution is 7.99. The number of carbonyl (C=O) groups excluding carboxylic acids is 1. The molecule has 0 radical (unpaired) electrons. The molecule has 34 heavy (non-hydrogen) atoms. The van der Waals surface area contributed by atoms with Crippen molar-refractivity contribution in [2.24, 2.45) is 0 Å². The summed E-state index contributed by atoms with van der Waals surface area (Å²) in [5.41, 5.74) is 1.73. The van der Waals surface area contributed by atoms with Crippen molar-refractivity contribution in [2.45, 2.75) is 37.2 Å². The number of halogens is 1. The van der Waals surface area contributed by atoms with E-state index in [2.05, 4.69) is 15.2 Å². The fraction of sp³-hybridized carbons (Fsp3) is 0.333. The molecule has 0 bridgehead atoms. The minimum atomic E-state index is -0.301. The standard InChI is InChI=1S/C24H24FN5O2S2/c1-29(14-21-26-19-6-2-3-7-20(19)34-21)22(31)15-33-24-28-27-23(16-8-10-17(25)11-9-16)30(24)13-18-5-4-12-32-18/h2-3,6-11,18H,4-5,12-15H2,1H3/t18-/m1/s1. The number of fused-ring (bicyclic) bond motifs is 1. The summed E-state index contributed by atoms with van der Waals surface area (Å²) < 4.78 is 22.3. The van der Waals surface area contributed by atoms with Crippen LogP contribution < -0.4 is 0 Å². The van der Waals surface area contributed by atoms with E-state index in [-0.39, 0.29) is 23.6 Å². The lowest BCUT2D eigenvalue weighted by Crippen LogP contribution is -2.28. The Labute approximate surface area is 205 Å². The van der Waals surface area contributed by atoms with Gasteiger partial charge in [0.2, 0.25) is 5.91 Å². The van der Waals surface area contributed by atoms with Gasteiger partial charge in [-0.15, -0.1) is 21.5 Å². The molecule has 1 saturated heterocycles. The van der Waals surface area contributed by atoms with E-state index in [1.165, 1.54) is 23.9 Å². The number of para-hydroxylation sites is 1. The molecule has 5 rings (SSSR count). The van der Waals surface area contributed by atoms with Gasteiger partial charge in [0.1, 0.15) is 10.8 Å². The fourth-order valence-corrected chi connectivity index (χ4v) is 5.79. The zero-order valence-corrected chi connectivity index (χ0v) is 20.3. The zero-order valence-electron chi connectivity index (χ0n) is 18.7. The van der Waals surface area contributed by atoms with E-state index < -0.39 is 0 Å². The number of ether oxygens (including phenoxy) is 1. The van der Waals surface area contributed by atoms with Gasteiger partial charge in [0, 0.05) is 19.2 Å². The smallest absolute Gasteiger partial charge is 0.233 e. The molecule has 0 aliphatic carbocycles. The molecule has 0 N–H and O–H groups in total. The third-order valence-electron chi connectivity index (χ3n) is 5.69. The molecule has 0 saturated carbocycles. The zero-order chi connectivity index (χ0) is 23.5. The number of thiazole rings is 1. The van der Waals surface area contributed by atoms with Crippen molar-refractivity contribution in [3.8, 4) is 11.4 Å². The van der Waals surface area contributed by atoms with Gasteiger partial charge in [0.15, 0.2) is 11.0 Å². The van der Waals surface area contributed by atoms with E-state index in [9.17, 15) is 9.18 Å². The summed E-state index contributed by atoms with van der Waals surface area (Å²) in [6.07, 6.45) is 2.07. The van der Waals surface area contributed by atoms with Crippen LogP contribution in [0.15, 0.2) is 53.7 Å². The Morgan fingerprint density at radius 3 is 2.82 bits per heavy atom. The van der Waals surface area contributed by atoms with Crippen LogP contribution in [-0.4, -0.2) is 56.1 Å². The molecule has 1 aliphatic rings. The SMILES string of the molecule is CN(Cc1nc2ccccc2s1)C(=O)CSc1nnc(-c2ccc(F)cc2)n1C[C@H]1CCCO1. The number of aromatic nitrogens is 4. The molecule has 1 aliphatic heterocycles. The lowest BCUT2D eigenvalue weighted by molar-refractivity contribution is -0.127. The highest BCUT2D eigenvalue weighted by atomic mass is 32.2. The number of carbonyl (C=O) groups is 1. The Kier molecular flexibility index (Phi) is 6.89. The van der Waals surface area contributed by atoms with E-state index in [1.54, 1.807) is 35.4 Å². The van der Waals surface area contributed by atoms with Crippen LogP contribution in [0.3, 0.4) is 0 Å². The minimum Gasteiger partial charge on any atom is -0.376 e. The average molecular weight is 498 g/mol. The molecule has 10 heteroatoms. The topological polar surface area (TPSA) is 73.1 Å². The number of hydrogen-bond acceptors (Lipinski definition) is 7. The van der Waals surface area contributed by atoms with Gasteiger partial charge in [-0.05, 0) is 49.2 Å². The van der Waals surface area contributed by atoms with Crippen molar-refractivity contribution in [2.75, 3.05) is 19.4 Å². The van der Waals surface area contributed by atoms with Crippen LogP contribution in [0.1, 0.15) is 17.8 Å². The molecule has 2 aromatic carbocycles. The summed E-state index contributed by atoms with van der Waals surface area (Å²) in [5.74, 6) is 0.562. The maximum absolute atomic E-state index is 13.4. The van der Waals surface area contributed by atoms with Crippen LogP contribution in [-0.2, 0) is 22.6 Å². The molecule has 176 valence electrons. The van der Waals surface area contributed by atoms with Gasteiger partial charge in [-0.2, -0.15) is 0 Å². The van der Waals surface area contributed by atoms with Crippen molar-refractivity contribution >= 4 is 39.2 Å². The number of hydrogen-bond donors (Lipinski definition) is 0. The van der Waals surface area contributed by atoms with Gasteiger partial charge in [0.05, 0.1) is 35.2 Å². The molecule has 7 nitrogen and oxygen atoms in total. The summed E-state index contributed by atoms with van der Waals surface area (Å²) in [4.78, 5) is 19.2. The first-order valence-corrected chi connectivity index (χ1v) is 12.9. The number of amides is 1. The Morgan fingerprint density at radius 2 is 2.06 bits per heavy atom. The second-order valence-corrected chi connectivity index (χ2v) is 10.2. The normalized spacial score (nSPS) is 15.8. The van der Waals surface area contributed by atoms with Gasteiger partial charge in [-0.3, -0.25) is 9.36 Å². The third kappa shape index (κ3) is 5.13. The molecule has 3 heterocycles. The summed E-state index contributed by atoms with van der Waals surface area (Å²) in [5, 5.41) is 10.3. The molecule has 1 amide bonds. The number of nitrogens with zero attached hydrogens (tertiary/aromatic N) is 5. The van der Waals surface area contributed by atoms with Crippen molar-refractivity contribution in [1.29, 1.82) is 0 Å². The first kappa shape index (κ1) is 22.9. The van der Waals surface area contributed by atoms with Crippen molar-refractivity contribution in [3.05, 3.63) is 59.4 Å². The monoisotopic (exact) mass is 497 g/mol.